The second-order valence-electron chi connectivity index (χ2n) is 2.11. The average Bonchev–Trinajstić information content (AvgIpc) is 2.05. The first-order valence-corrected chi connectivity index (χ1v) is 3.18. The van der Waals surface area contributed by atoms with Gasteiger partial charge >= 0.3 is 0 Å². The largest absolute Gasteiger partial charge is 0.595 e. The minimum Gasteiger partial charge on any atom is -0.595 e. The van der Waals surface area contributed by atoms with E-state index in [0.29, 0.717) is 11.4 Å². The van der Waals surface area contributed by atoms with Crippen molar-refractivity contribution < 1.29 is 10.1 Å². The minimum atomic E-state index is -0.343. The molecule has 0 saturated heterocycles. The van der Waals surface area contributed by atoms with Crippen molar-refractivity contribution >= 4 is 11.4 Å². The molecule has 0 fully saturated rings. The summed E-state index contributed by atoms with van der Waals surface area (Å²) in [6.07, 6.45) is 0. The van der Waals surface area contributed by atoms with Gasteiger partial charge in [-0.15, -0.1) is 0 Å². The van der Waals surface area contributed by atoms with Crippen molar-refractivity contribution in [1.29, 1.82) is 0 Å². The summed E-state index contributed by atoms with van der Waals surface area (Å²) in [6.45, 7) is 0. The molecule has 0 aliphatic carbocycles. The molecule has 1 aromatic rings. The Labute approximate surface area is 64.7 Å². The van der Waals surface area contributed by atoms with E-state index in [-0.39, 0.29) is 5.23 Å². The number of anilines is 1. The minimum absolute atomic E-state index is 0.343. The lowest BCUT2D eigenvalue weighted by Gasteiger charge is -2.16. The first-order valence-electron chi connectivity index (χ1n) is 3.18. The van der Waals surface area contributed by atoms with Crippen molar-refractivity contribution in [1.82, 2.24) is 0 Å². The van der Waals surface area contributed by atoms with Crippen LogP contribution in [0.4, 0.5) is 11.4 Å². The van der Waals surface area contributed by atoms with Crippen molar-refractivity contribution in [2.75, 3.05) is 12.8 Å². The standard InChI is InChI=1S/C7H10N2O2/c1-11-9(10)7-4-2-6(8)3-5-7/h2-5,9H,8H2,1H3. The summed E-state index contributed by atoms with van der Waals surface area (Å²) >= 11 is 0. The van der Waals surface area contributed by atoms with Crippen LogP contribution in [0.15, 0.2) is 24.3 Å². The molecular formula is C7H10N2O2. The van der Waals surface area contributed by atoms with E-state index in [2.05, 4.69) is 4.84 Å². The second kappa shape index (κ2) is 3.34. The van der Waals surface area contributed by atoms with Gasteiger partial charge in [0.25, 0.3) is 0 Å². The molecule has 60 valence electrons. The molecule has 0 heterocycles. The molecule has 1 aromatic carbocycles. The number of hydrogen-bond donors (Lipinski definition) is 2. The summed E-state index contributed by atoms with van der Waals surface area (Å²) in [6, 6.07) is 6.57. The zero-order valence-electron chi connectivity index (χ0n) is 6.20. The number of hydrogen-bond acceptors (Lipinski definition) is 3. The molecule has 0 saturated carbocycles. The number of quaternary nitrogens is 1. The van der Waals surface area contributed by atoms with Crippen LogP contribution < -0.4 is 11.0 Å². The predicted octanol–water partition coefficient (Wildman–Crippen LogP) is -0.156. The fourth-order valence-corrected chi connectivity index (χ4v) is 0.737. The lowest BCUT2D eigenvalue weighted by molar-refractivity contribution is -0.992. The molecule has 4 heteroatoms. The van der Waals surface area contributed by atoms with Crippen LogP contribution >= 0.6 is 0 Å². The van der Waals surface area contributed by atoms with Crippen molar-refractivity contribution in [3.05, 3.63) is 29.5 Å². The summed E-state index contributed by atoms with van der Waals surface area (Å²) in [7, 11) is 1.35. The van der Waals surface area contributed by atoms with Crippen molar-refractivity contribution in [2.24, 2.45) is 0 Å². The van der Waals surface area contributed by atoms with Gasteiger partial charge in [-0.1, -0.05) is 0 Å². The third kappa shape index (κ3) is 1.91. The molecule has 4 nitrogen and oxygen atoms in total. The highest BCUT2D eigenvalue weighted by Gasteiger charge is 1.98. The van der Waals surface area contributed by atoms with Crippen LogP contribution in [0.5, 0.6) is 0 Å². The summed E-state index contributed by atoms with van der Waals surface area (Å²) in [4.78, 5) is 4.50. The summed E-state index contributed by atoms with van der Waals surface area (Å²) in [5.74, 6) is 0. The van der Waals surface area contributed by atoms with E-state index in [0.717, 1.165) is 0 Å². The Kier molecular flexibility index (Phi) is 2.43. The van der Waals surface area contributed by atoms with Crippen LogP contribution in [0.3, 0.4) is 0 Å². The Balaban J connectivity index is 2.81. The average molecular weight is 154 g/mol. The molecular weight excluding hydrogens is 144 g/mol. The van der Waals surface area contributed by atoms with Gasteiger partial charge in [-0.05, 0) is 12.1 Å². The molecule has 0 aliphatic rings. The molecule has 0 bridgehead atoms. The van der Waals surface area contributed by atoms with Crippen LogP contribution in [0.25, 0.3) is 0 Å². The molecule has 1 atom stereocenters. The van der Waals surface area contributed by atoms with E-state index >= 15 is 0 Å². The highest BCUT2D eigenvalue weighted by Crippen LogP contribution is 2.05. The van der Waals surface area contributed by atoms with Gasteiger partial charge in [0.1, 0.15) is 0 Å². The molecule has 0 amide bonds. The third-order valence-electron chi connectivity index (χ3n) is 1.33. The number of nitrogens with one attached hydrogen (secondary N) is 1. The van der Waals surface area contributed by atoms with Gasteiger partial charge in [-0.3, -0.25) is 0 Å². The fraction of sp³-hybridized carbons (Fsp3) is 0.143. The maximum absolute atomic E-state index is 10.9. The summed E-state index contributed by atoms with van der Waals surface area (Å²) in [5, 5.41) is 10.5. The first kappa shape index (κ1) is 8.00. The monoisotopic (exact) mass is 154 g/mol. The van der Waals surface area contributed by atoms with E-state index in [4.69, 9.17) is 5.73 Å². The smallest absolute Gasteiger partial charge is 0.164 e. The zero-order valence-corrected chi connectivity index (χ0v) is 6.20. The number of nitrogens with two attached hydrogens (primary N) is 1. The highest BCUT2D eigenvalue weighted by molar-refractivity contribution is 5.44. The normalized spacial score (nSPS) is 12.9. The van der Waals surface area contributed by atoms with E-state index < -0.39 is 0 Å². The molecule has 0 spiro atoms. The van der Waals surface area contributed by atoms with Crippen LogP contribution in [0.1, 0.15) is 0 Å². The summed E-state index contributed by atoms with van der Waals surface area (Å²) < 4.78 is 0. The van der Waals surface area contributed by atoms with Gasteiger partial charge in [0, 0.05) is 17.8 Å². The Bertz CT molecular complexity index is 222. The molecule has 11 heavy (non-hydrogen) atoms. The highest BCUT2D eigenvalue weighted by atomic mass is 16.9. The number of nitrogen functional groups attached to an aromatic ring is 1. The third-order valence-corrected chi connectivity index (χ3v) is 1.33. The lowest BCUT2D eigenvalue weighted by Crippen LogP contribution is -3.00. The van der Waals surface area contributed by atoms with Gasteiger partial charge in [-0.2, -0.15) is 5.23 Å². The van der Waals surface area contributed by atoms with Gasteiger partial charge in [0.15, 0.2) is 5.69 Å². The zero-order chi connectivity index (χ0) is 8.27. The molecule has 0 aromatic heterocycles. The van der Waals surface area contributed by atoms with Gasteiger partial charge < -0.3 is 10.9 Å². The maximum Gasteiger partial charge on any atom is 0.164 e. The van der Waals surface area contributed by atoms with Crippen LogP contribution in [0.2, 0.25) is 0 Å². The maximum atomic E-state index is 10.9. The van der Waals surface area contributed by atoms with Gasteiger partial charge in [-0.25, -0.2) is 4.84 Å². The second-order valence-corrected chi connectivity index (χ2v) is 2.11. The van der Waals surface area contributed by atoms with Crippen LogP contribution in [-0.4, -0.2) is 7.11 Å². The van der Waals surface area contributed by atoms with Gasteiger partial charge in [0.05, 0.1) is 7.11 Å². The Morgan fingerprint density at radius 1 is 1.36 bits per heavy atom. The molecule has 0 aliphatic heterocycles. The predicted molar refractivity (Wildman–Crippen MR) is 41.9 cm³/mol. The number of rotatable bonds is 2. The van der Waals surface area contributed by atoms with E-state index in [9.17, 15) is 5.21 Å². The Morgan fingerprint density at radius 3 is 2.36 bits per heavy atom. The van der Waals surface area contributed by atoms with Crippen molar-refractivity contribution in [3.63, 3.8) is 0 Å². The molecule has 3 N–H and O–H groups in total. The molecule has 1 unspecified atom stereocenters. The Hall–Kier alpha value is -1.10. The summed E-state index contributed by atoms with van der Waals surface area (Å²) in [5.41, 5.74) is 6.57. The quantitative estimate of drug-likeness (QED) is 0.459. The van der Waals surface area contributed by atoms with Crippen LogP contribution in [-0.2, 0) is 4.84 Å². The van der Waals surface area contributed by atoms with E-state index in [1.807, 2.05) is 0 Å². The first-order chi connectivity index (χ1) is 5.24. The molecule has 1 rings (SSSR count). The van der Waals surface area contributed by atoms with Crippen molar-refractivity contribution in [3.8, 4) is 0 Å². The van der Waals surface area contributed by atoms with Crippen molar-refractivity contribution in [2.45, 2.75) is 0 Å². The van der Waals surface area contributed by atoms with E-state index in [1.165, 1.54) is 7.11 Å². The van der Waals surface area contributed by atoms with Gasteiger partial charge in [0.2, 0.25) is 0 Å². The Morgan fingerprint density at radius 2 is 1.91 bits per heavy atom. The lowest BCUT2D eigenvalue weighted by atomic mass is 10.3. The number of benzene rings is 1. The van der Waals surface area contributed by atoms with Crippen LogP contribution in [0, 0.1) is 5.21 Å². The van der Waals surface area contributed by atoms with E-state index in [1.54, 1.807) is 24.3 Å². The topological polar surface area (TPSA) is 62.8 Å². The molecule has 0 radical (unpaired) electrons. The fourth-order valence-electron chi connectivity index (χ4n) is 0.737. The SMILES string of the molecule is CO[NH+]([O-])c1ccc(N)cc1.